The Morgan fingerprint density at radius 1 is 1.19 bits per heavy atom. The molecule has 0 bridgehead atoms. The van der Waals surface area contributed by atoms with Gasteiger partial charge in [0.25, 0.3) is 0 Å². The molecule has 0 amide bonds. The largest absolute Gasteiger partial charge is 0.482 e. The molecule has 2 aromatic carbocycles. The number of hydrogen-bond acceptors (Lipinski definition) is 3. The summed E-state index contributed by atoms with van der Waals surface area (Å²) in [4.78, 5) is 10.6. The van der Waals surface area contributed by atoms with Crippen molar-refractivity contribution < 1.29 is 14.6 Å². The first-order valence-electron chi connectivity index (χ1n) is 6.80. The minimum Gasteiger partial charge on any atom is -0.482 e. The quantitative estimate of drug-likeness (QED) is 0.854. The van der Waals surface area contributed by atoms with Gasteiger partial charge >= 0.3 is 5.97 Å². The zero-order chi connectivity index (χ0) is 15.2. The summed E-state index contributed by atoms with van der Waals surface area (Å²) < 4.78 is 5.30. The number of nitrogens with one attached hydrogen (secondary N) is 1. The maximum absolute atomic E-state index is 10.6. The third kappa shape index (κ3) is 4.24. The molecule has 0 aliphatic rings. The van der Waals surface area contributed by atoms with Crippen LogP contribution in [0.3, 0.4) is 0 Å². The number of aliphatic carboxylic acids is 1. The maximum atomic E-state index is 10.6. The Balaban J connectivity index is 2.07. The van der Waals surface area contributed by atoms with E-state index in [1.807, 2.05) is 24.3 Å². The number of benzene rings is 2. The molecule has 21 heavy (non-hydrogen) atoms. The summed E-state index contributed by atoms with van der Waals surface area (Å²) in [6.07, 6.45) is 0. The predicted molar refractivity (Wildman–Crippen MR) is 82.8 cm³/mol. The van der Waals surface area contributed by atoms with Crippen LogP contribution < -0.4 is 10.1 Å². The average Bonchev–Trinajstić information content (AvgIpc) is 2.45. The molecule has 0 saturated carbocycles. The minimum atomic E-state index is -0.979. The number of carboxylic acid groups (broad SMARTS) is 1. The number of hydrogen-bond donors (Lipinski definition) is 2. The van der Waals surface area contributed by atoms with Crippen molar-refractivity contribution in [2.45, 2.75) is 20.4 Å². The fraction of sp³-hybridized carbons (Fsp3) is 0.235. The van der Waals surface area contributed by atoms with Gasteiger partial charge in [-0.3, -0.25) is 0 Å². The monoisotopic (exact) mass is 285 g/mol. The van der Waals surface area contributed by atoms with Crippen molar-refractivity contribution in [2.75, 3.05) is 11.9 Å². The van der Waals surface area contributed by atoms with Crippen molar-refractivity contribution in [1.29, 1.82) is 0 Å². The van der Waals surface area contributed by atoms with E-state index in [-0.39, 0.29) is 6.61 Å². The van der Waals surface area contributed by atoms with Crippen LogP contribution in [0, 0.1) is 13.8 Å². The number of aryl methyl sites for hydroxylation is 2. The Hall–Kier alpha value is -2.49. The normalized spacial score (nSPS) is 10.2. The summed E-state index contributed by atoms with van der Waals surface area (Å²) >= 11 is 0. The molecule has 0 unspecified atom stereocenters. The summed E-state index contributed by atoms with van der Waals surface area (Å²) in [5.74, 6) is -0.385. The Morgan fingerprint density at radius 2 is 1.95 bits per heavy atom. The summed E-state index contributed by atoms with van der Waals surface area (Å²) in [6.45, 7) is 4.37. The molecule has 0 heterocycles. The average molecular weight is 285 g/mol. The second kappa shape index (κ2) is 6.79. The van der Waals surface area contributed by atoms with Gasteiger partial charge in [0.15, 0.2) is 6.61 Å². The lowest BCUT2D eigenvalue weighted by Gasteiger charge is -2.13. The van der Waals surface area contributed by atoms with Crippen molar-refractivity contribution in [1.82, 2.24) is 0 Å². The van der Waals surface area contributed by atoms with Gasteiger partial charge in [-0.2, -0.15) is 0 Å². The van der Waals surface area contributed by atoms with Crippen LogP contribution in [0.5, 0.6) is 5.75 Å². The number of carboxylic acids is 1. The van der Waals surface area contributed by atoms with Crippen LogP contribution in [-0.4, -0.2) is 17.7 Å². The number of para-hydroxylation sites is 1. The summed E-state index contributed by atoms with van der Waals surface area (Å²) in [5.41, 5.74) is 4.40. The van der Waals surface area contributed by atoms with Gasteiger partial charge in [-0.05, 0) is 31.5 Å². The van der Waals surface area contributed by atoms with Crippen molar-refractivity contribution in [3.8, 4) is 5.75 Å². The van der Waals surface area contributed by atoms with E-state index < -0.39 is 5.97 Å². The van der Waals surface area contributed by atoms with Gasteiger partial charge in [0, 0.05) is 17.8 Å². The molecule has 4 nitrogen and oxygen atoms in total. The number of anilines is 1. The fourth-order valence-corrected chi connectivity index (χ4v) is 2.13. The first-order chi connectivity index (χ1) is 10.1. The summed E-state index contributed by atoms with van der Waals surface area (Å²) in [6, 6.07) is 13.7. The molecule has 4 heteroatoms. The van der Waals surface area contributed by atoms with Gasteiger partial charge < -0.3 is 15.2 Å². The van der Waals surface area contributed by atoms with Gasteiger partial charge in [-0.1, -0.05) is 35.9 Å². The number of rotatable bonds is 6. The van der Waals surface area contributed by atoms with Gasteiger partial charge in [-0.25, -0.2) is 4.79 Å². The highest BCUT2D eigenvalue weighted by Gasteiger charge is 2.06. The molecule has 0 aromatic heterocycles. The van der Waals surface area contributed by atoms with Crippen LogP contribution >= 0.6 is 0 Å². The van der Waals surface area contributed by atoms with Crippen molar-refractivity contribution in [2.24, 2.45) is 0 Å². The lowest BCUT2D eigenvalue weighted by molar-refractivity contribution is -0.139. The third-order valence-corrected chi connectivity index (χ3v) is 3.17. The molecule has 2 aromatic rings. The van der Waals surface area contributed by atoms with Gasteiger partial charge in [0.05, 0.1) is 0 Å². The molecule has 0 saturated heterocycles. The van der Waals surface area contributed by atoms with E-state index in [1.165, 1.54) is 11.1 Å². The molecule has 2 N–H and O–H groups in total. The molecule has 0 aliphatic carbocycles. The van der Waals surface area contributed by atoms with Gasteiger partial charge in [-0.15, -0.1) is 0 Å². The van der Waals surface area contributed by atoms with E-state index in [2.05, 4.69) is 31.3 Å². The van der Waals surface area contributed by atoms with Crippen LogP contribution in [-0.2, 0) is 11.3 Å². The van der Waals surface area contributed by atoms with Crippen LogP contribution in [0.1, 0.15) is 16.7 Å². The predicted octanol–water partition coefficient (Wildman–Crippen LogP) is 3.38. The van der Waals surface area contributed by atoms with E-state index >= 15 is 0 Å². The Kier molecular flexibility index (Phi) is 4.82. The van der Waals surface area contributed by atoms with Crippen molar-refractivity contribution >= 4 is 11.7 Å². The molecule has 0 radical (unpaired) electrons. The van der Waals surface area contributed by atoms with Crippen LogP contribution in [0.2, 0.25) is 0 Å². The van der Waals surface area contributed by atoms with E-state index in [4.69, 9.17) is 9.84 Å². The Labute approximate surface area is 124 Å². The molecular weight excluding hydrogens is 266 g/mol. The Morgan fingerprint density at radius 3 is 2.67 bits per heavy atom. The van der Waals surface area contributed by atoms with E-state index in [0.717, 1.165) is 11.3 Å². The topological polar surface area (TPSA) is 58.6 Å². The lowest BCUT2D eigenvalue weighted by atomic mass is 10.1. The number of ether oxygens (including phenoxy) is 1. The maximum Gasteiger partial charge on any atom is 0.341 e. The zero-order valence-corrected chi connectivity index (χ0v) is 12.2. The standard InChI is InChI=1S/C17H19NO3/c1-12-7-8-15(13(2)9-12)18-10-14-5-3-4-6-16(14)21-11-17(19)20/h3-9,18H,10-11H2,1-2H3,(H,19,20). The smallest absolute Gasteiger partial charge is 0.341 e. The highest BCUT2D eigenvalue weighted by Crippen LogP contribution is 2.21. The third-order valence-electron chi connectivity index (χ3n) is 3.17. The van der Waals surface area contributed by atoms with Crippen LogP contribution in [0.15, 0.2) is 42.5 Å². The minimum absolute atomic E-state index is 0.333. The Bertz CT molecular complexity index is 638. The van der Waals surface area contributed by atoms with E-state index in [1.54, 1.807) is 6.07 Å². The molecular formula is C17H19NO3. The first-order valence-corrected chi connectivity index (χ1v) is 6.80. The molecule has 0 fully saturated rings. The van der Waals surface area contributed by atoms with Gasteiger partial charge in [0.1, 0.15) is 5.75 Å². The van der Waals surface area contributed by atoms with Crippen LogP contribution in [0.4, 0.5) is 5.69 Å². The highest BCUT2D eigenvalue weighted by atomic mass is 16.5. The molecule has 2 rings (SSSR count). The van der Waals surface area contributed by atoms with E-state index in [9.17, 15) is 4.79 Å². The fourth-order valence-electron chi connectivity index (χ4n) is 2.13. The second-order valence-electron chi connectivity index (χ2n) is 4.96. The summed E-state index contributed by atoms with van der Waals surface area (Å²) in [7, 11) is 0. The summed E-state index contributed by atoms with van der Waals surface area (Å²) in [5, 5.41) is 12.1. The SMILES string of the molecule is Cc1ccc(NCc2ccccc2OCC(=O)O)c(C)c1. The lowest BCUT2D eigenvalue weighted by Crippen LogP contribution is -2.11. The number of carbonyl (C=O) groups is 1. The zero-order valence-electron chi connectivity index (χ0n) is 12.2. The molecule has 0 spiro atoms. The first kappa shape index (κ1) is 14.9. The molecule has 110 valence electrons. The van der Waals surface area contributed by atoms with Crippen molar-refractivity contribution in [3.05, 3.63) is 59.2 Å². The second-order valence-corrected chi connectivity index (χ2v) is 4.96. The van der Waals surface area contributed by atoms with Gasteiger partial charge in [0.2, 0.25) is 0 Å². The van der Waals surface area contributed by atoms with Crippen molar-refractivity contribution in [3.63, 3.8) is 0 Å². The van der Waals surface area contributed by atoms with Crippen LogP contribution in [0.25, 0.3) is 0 Å². The molecule has 0 atom stereocenters. The molecule has 0 aliphatic heterocycles. The highest BCUT2D eigenvalue weighted by molar-refractivity contribution is 5.68. The van der Waals surface area contributed by atoms with E-state index in [0.29, 0.717) is 12.3 Å².